The lowest BCUT2D eigenvalue weighted by atomic mass is 9.75. The number of benzene rings is 9. The van der Waals surface area contributed by atoms with E-state index in [1.165, 1.54) is 132 Å². The number of aliphatic imine (C=N–C) groups is 2. The second-order valence-electron chi connectivity index (χ2n) is 19.1. The van der Waals surface area contributed by atoms with Crippen LogP contribution >= 0.6 is 0 Å². The topological polar surface area (TPSA) is 37.9 Å². The van der Waals surface area contributed by atoms with Gasteiger partial charge in [-0.2, -0.15) is 0 Å². The van der Waals surface area contributed by atoms with E-state index in [2.05, 4.69) is 191 Å². The molecule has 0 aliphatic heterocycles. The molecule has 2 saturated carbocycles. The fourth-order valence-electron chi connectivity index (χ4n) is 11.2. The van der Waals surface area contributed by atoms with Crippen LogP contribution < -0.4 is 0 Å². The van der Waals surface area contributed by atoms with Crippen molar-refractivity contribution < 1.29 is 4.42 Å². The van der Waals surface area contributed by atoms with Gasteiger partial charge in [0.2, 0.25) is 0 Å². The second kappa shape index (κ2) is 16.7. The van der Waals surface area contributed by atoms with Crippen LogP contribution in [0.2, 0.25) is 0 Å². The highest BCUT2D eigenvalue weighted by Gasteiger charge is 2.27. The van der Waals surface area contributed by atoms with Gasteiger partial charge in [0, 0.05) is 16.3 Å². The van der Waals surface area contributed by atoms with E-state index in [9.17, 15) is 0 Å². The second-order valence-corrected chi connectivity index (χ2v) is 19.1. The Labute approximate surface area is 387 Å². The number of hydrogen-bond acceptors (Lipinski definition) is 2. The molecule has 0 saturated heterocycles. The summed E-state index contributed by atoms with van der Waals surface area (Å²) >= 11 is 0. The van der Waals surface area contributed by atoms with Crippen molar-refractivity contribution in [2.45, 2.75) is 77.7 Å². The average Bonchev–Trinajstić information content (AvgIpc) is 3.71. The van der Waals surface area contributed by atoms with Gasteiger partial charge in [-0.05, 0) is 147 Å². The van der Waals surface area contributed by atoms with Crippen molar-refractivity contribution in [2.75, 3.05) is 0 Å². The van der Waals surface area contributed by atoms with Gasteiger partial charge in [-0.25, -0.2) is 4.99 Å². The number of rotatable bonds is 10. The SMILES string of the molecule is Cc1cc(-c2cccc(C)c2-c2ccc(-c3cccc4c5cccc6oc7cccc(c34)c7c65)cc2C2CCC2)ccc1C(C)N=C(N=C(CC1CCC1)c1ccccc1)c1ccccc1. The van der Waals surface area contributed by atoms with Gasteiger partial charge in [0.05, 0.1) is 11.8 Å². The molecule has 0 amide bonds. The van der Waals surface area contributed by atoms with Crippen LogP contribution in [0.3, 0.4) is 0 Å². The molecule has 3 nitrogen and oxygen atoms in total. The Balaban J connectivity index is 0.936. The summed E-state index contributed by atoms with van der Waals surface area (Å²) in [6.45, 7) is 6.76. The third-order valence-corrected chi connectivity index (χ3v) is 15.0. The van der Waals surface area contributed by atoms with Gasteiger partial charge in [0.15, 0.2) is 5.84 Å². The number of aryl methyl sites for hydroxylation is 2. The van der Waals surface area contributed by atoms with Gasteiger partial charge in [0.25, 0.3) is 0 Å². The van der Waals surface area contributed by atoms with E-state index in [1.54, 1.807) is 0 Å². The number of fused-ring (bicyclic) bond motifs is 3. The van der Waals surface area contributed by atoms with Gasteiger partial charge >= 0.3 is 0 Å². The summed E-state index contributed by atoms with van der Waals surface area (Å²) in [5.41, 5.74) is 18.2. The normalized spacial score (nSPS) is 15.5. The summed E-state index contributed by atoms with van der Waals surface area (Å²) < 4.78 is 6.42. The Bertz CT molecular complexity index is 3490. The zero-order valence-corrected chi connectivity index (χ0v) is 38.2. The molecule has 2 aliphatic rings. The molecule has 3 heteroatoms. The van der Waals surface area contributed by atoms with E-state index in [0.29, 0.717) is 11.8 Å². The predicted molar refractivity (Wildman–Crippen MR) is 279 cm³/mol. The molecule has 0 bridgehead atoms. The van der Waals surface area contributed by atoms with E-state index in [-0.39, 0.29) is 6.04 Å². The molecule has 9 aromatic carbocycles. The zero-order chi connectivity index (χ0) is 44.3. The van der Waals surface area contributed by atoms with E-state index < -0.39 is 0 Å². The fourth-order valence-corrected chi connectivity index (χ4v) is 11.2. The van der Waals surface area contributed by atoms with E-state index in [4.69, 9.17) is 14.4 Å². The lowest BCUT2D eigenvalue weighted by molar-refractivity contribution is 0.327. The van der Waals surface area contributed by atoms with Crippen molar-refractivity contribution in [3.05, 3.63) is 203 Å². The standard InChI is InChI=1S/C63H54N2O/c1-39-16-10-25-49(46-32-34-48(40(2)36-46)41(3)64-63(45-21-8-5-9-22-45)65-56(37-42-17-11-18-42)44-19-6-4-7-20-44)59(39)53-35-33-47(38-55(53)43-23-12-24-43)50-26-13-27-51-52-28-14-30-57-61(52)62-54(60(50)51)29-15-31-58(62)66-57/h4-10,13-16,19-22,25-36,38,41-43H,11-12,17-18,23-24,37H2,1-3H3. The highest BCUT2D eigenvalue weighted by atomic mass is 16.3. The highest BCUT2D eigenvalue weighted by Crippen LogP contribution is 2.49. The first-order chi connectivity index (χ1) is 32.5. The Kier molecular flexibility index (Phi) is 10.2. The molecule has 12 rings (SSSR count). The zero-order valence-electron chi connectivity index (χ0n) is 38.2. The summed E-state index contributed by atoms with van der Waals surface area (Å²) in [5.74, 6) is 2.02. The first-order valence-corrected chi connectivity index (χ1v) is 24.2. The van der Waals surface area contributed by atoms with Crippen LogP contribution in [-0.2, 0) is 0 Å². The maximum absolute atomic E-state index is 6.42. The Morgan fingerprint density at radius 3 is 1.86 bits per heavy atom. The van der Waals surface area contributed by atoms with Crippen molar-refractivity contribution in [2.24, 2.45) is 15.9 Å². The molecule has 322 valence electrons. The van der Waals surface area contributed by atoms with Crippen molar-refractivity contribution in [1.82, 2.24) is 0 Å². The van der Waals surface area contributed by atoms with Crippen LogP contribution in [0.15, 0.2) is 184 Å². The minimum Gasteiger partial charge on any atom is -0.456 e. The Morgan fingerprint density at radius 1 is 0.545 bits per heavy atom. The van der Waals surface area contributed by atoms with E-state index >= 15 is 0 Å². The number of furan rings is 1. The van der Waals surface area contributed by atoms with Crippen molar-refractivity contribution in [3.63, 3.8) is 0 Å². The first kappa shape index (κ1) is 40.4. The van der Waals surface area contributed by atoms with Gasteiger partial charge < -0.3 is 4.42 Å². The minimum atomic E-state index is -0.0859. The quantitative estimate of drug-likeness (QED) is 0.0767. The molecule has 1 unspecified atom stereocenters. The molecule has 66 heavy (non-hydrogen) atoms. The molecule has 2 fully saturated rings. The third-order valence-electron chi connectivity index (χ3n) is 15.0. The van der Waals surface area contributed by atoms with Gasteiger partial charge in [0.1, 0.15) is 11.2 Å². The largest absolute Gasteiger partial charge is 0.456 e. The molecule has 1 heterocycles. The lowest BCUT2D eigenvalue weighted by Gasteiger charge is -2.30. The third kappa shape index (κ3) is 7.04. The molecule has 0 radical (unpaired) electrons. The van der Waals surface area contributed by atoms with E-state index in [1.807, 2.05) is 0 Å². The molecule has 0 N–H and O–H groups in total. The van der Waals surface area contributed by atoms with Crippen molar-refractivity contribution in [3.8, 4) is 33.4 Å². The van der Waals surface area contributed by atoms with Crippen molar-refractivity contribution >= 4 is 55.0 Å². The van der Waals surface area contributed by atoms with Crippen LogP contribution in [0.5, 0.6) is 0 Å². The van der Waals surface area contributed by atoms with Gasteiger partial charge in [-0.1, -0.05) is 183 Å². The molecule has 0 spiro atoms. The minimum absolute atomic E-state index is 0.0859. The molecular weight excluding hydrogens is 801 g/mol. The fraction of sp³-hybridized carbons (Fsp3) is 0.206. The highest BCUT2D eigenvalue weighted by molar-refractivity contribution is 6.34. The molecule has 2 aliphatic carbocycles. The first-order valence-electron chi connectivity index (χ1n) is 24.2. The Hall–Kier alpha value is -7.10. The maximum atomic E-state index is 6.42. The molecule has 1 aromatic heterocycles. The number of hydrogen-bond donors (Lipinski definition) is 0. The summed E-state index contributed by atoms with van der Waals surface area (Å²) in [5, 5.41) is 7.55. The van der Waals surface area contributed by atoms with Crippen LogP contribution in [-0.4, -0.2) is 11.5 Å². The van der Waals surface area contributed by atoms with Crippen LogP contribution in [0.25, 0.3) is 76.9 Å². The Morgan fingerprint density at radius 2 is 1.17 bits per heavy atom. The average molecular weight is 855 g/mol. The molecule has 10 aromatic rings. The lowest BCUT2D eigenvalue weighted by Crippen LogP contribution is -2.18. The maximum Gasteiger partial charge on any atom is 0.155 e. The van der Waals surface area contributed by atoms with E-state index in [0.717, 1.165) is 34.7 Å². The van der Waals surface area contributed by atoms with Gasteiger partial charge in [-0.15, -0.1) is 0 Å². The summed E-state index contributed by atoms with van der Waals surface area (Å²) in [4.78, 5) is 10.9. The summed E-state index contributed by atoms with van der Waals surface area (Å²) in [6, 6.07) is 62.2. The van der Waals surface area contributed by atoms with Gasteiger partial charge in [-0.3, -0.25) is 4.99 Å². The smallest absolute Gasteiger partial charge is 0.155 e. The molecule has 1 atom stereocenters. The number of nitrogens with zero attached hydrogens (tertiary/aromatic N) is 2. The summed E-state index contributed by atoms with van der Waals surface area (Å²) in [7, 11) is 0. The summed E-state index contributed by atoms with van der Waals surface area (Å²) in [6.07, 6.45) is 8.57. The predicted octanol–water partition coefficient (Wildman–Crippen LogP) is 17.4. The molecular formula is C63H54N2O. The van der Waals surface area contributed by atoms with Crippen LogP contribution in [0.1, 0.15) is 97.2 Å². The monoisotopic (exact) mass is 854 g/mol. The number of amidine groups is 1. The van der Waals surface area contributed by atoms with Crippen LogP contribution in [0.4, 0.5) is 0 Å². The van der Waals surface area contributed by atoms with Crippen LogP contribution in [0, 0.1) is 19.8 Å². The van der Waals surface area contributed by atoms with Crippen molar-refractivity contribution in [1.29, 1.82) is 0 Å².